The predicted molar refractivity (Wildman–Crippen MR) is 99.7 cm³/mol. The fourth-order valence-electron chi connectivity index (χ4n) is 3.39. The Bertz CT molecular complexity index is 848. The van der Waals surface area contributed by atoms with Gasteiger partial charge in [-0.25, -0.2) is 9.78 Å². The molecule has 0 radical (unpaired) electrons. The number of hydrogen-bond donors (Lipinski definition) is 2. The number of nitrogens with zero attached hydrogens (tertiary/aromatic N) is 3. The summed E-state index contributed by atoms with van der Waals surface area (Å²) in [4.78, 5) is 17.5. The molecule has 0 unspecified atom stereocenters. The molecule has 1 aromatic heterocycles. The van der Waals surface area contributed by atoms with Crippen LogP contribution in [0.3, 0.4) is 0 Å². The number of pyridine rings is 1. The van der Waals surface area contributed by atoms with E-state index < -0.39 is 5.97 Å². The van der Waals surface area contributed by atoms with Crippen LogP contribution in [0.2, 0.25) is 5.02 Å². The number of hydrogen-bond acceptors (Lipinski definition) is 5. The molecule has 6 nitrogen and oxygen atoms in total. The molecule has 2 heterocycles. The highest BCUT2D eigenvalue weighted by Gasteiger charge is 2.29. The number of carbonyl (C=O) groups is 1. The van der Waals surface area contributed by atoms with Crippen LogP contribution in [0.1, 0.15) is 27.4 Å². The lowest BCUT2D eigenvalue weighted by atomic mass is 9.88. The minimum Gasteiger partial charge on any atom is -0.478 e. The number of anilines is 1. The topological polar surface area (TPSA) is 89.3 Å². The molecule has 0 spiro atoms. The van der Waals surface area contributed by atoms with Gasteiger partial charge >= 0.3 is 5.97 Å². The second kappa shape index (κ2) is 7.73. The van der Waals surface area contributed by atoms with E-state index in [4.69, 9.17) is 16.9 Å². The molecule has 0 aliphatic carbocycles. The van der Waals surface area contributed by atoms with Crippen molar-refractivity contribution in [2.45, 2.75) is 5.92 Å². The second-order valence-corrected chi connectivity index (χ2v) is 6.90. The van der Waals surface area contributed by atoms with Crippen molar-refractivity contribution in [1.82, 2.24) is 10.3 Å². The minimum absolute atomic E-state index is 0.0249. The summed E-state index contributed by atoms with van der Waals surface area (Å²) in [5, 5.41) is 22.4. The number of carboxylic acids is 1. The van der Waals surface area contributed by atoms with Crippen molar-refractivity contribution in [2.24, 2.45) is 5.92 Å². The molecule has 1 aromatic carbocycles. The first-order chi connectivity index (χ1) is 12.5. The van der Waals surface area contributed by atoms with Crippen molar-refractivity contribution >= 4 is 23.4 Å². The number of halogens is 1. The second-order valence-electron chi connectivity index (χ2n) is 6.46. The van der Waals surface area contributed by atoms with E-state index in [-0.39, 0.29) is 11.1 Å². The van der Waals surface area contributed by atoms with Gasteiger partial charge in [0.15, 0.2) is 0 Å². The summed E-state index contributed by atoms with van der Waals surface area (Å²) in [5.41, 5.74) is 1.27. The quantitative estimate of drug-likeness (QED) is 0.841. The fourth-order valence-corrected chi connectivity index (χ4v) is 3.52. The van der Waals surface area contributed by atoms with Gasteiger partial charge in [0.05, 0.1) is 11.1 Å². The number of aromatic nitrogens is 1. The summed E-state index contributed by atoms with van der Waals surface area (Å²) in [6.07, 6.45) is 1.32. The molecule has 1 saturated heterocycles. The van der Waals surface area contributed by atoms with Gasteiger partial charge in [0.1, 0.15) is 11.9 Å². The molecule has 2 aromatic rings. The van der Waals surface area contributed by atoms with Crippen molar-refractivity contribution in [3.63, 3.8) is 0 Å². The molecule has 2 atom stereocenters. The number of nitriles is 1. The van der Waals surface area contributed by atoms with E-state index in [0.29, 0.717) is 17.7 Å². The zero-order chi connectivity index (χ0) is 18.7. The maximum atomic E-state index is 11.3. The lowest BCUT2D eigenvalue weighted by Gasteiger charge is -2.26. The molecule has 1 fully saturated rings. The largest absolute Gasteiger partial charge is 0.478 e. The smallest absolute Gasteiger partial charge is 0.337 e. The van der Waals surface area contributed by atoms with E-state index in [1.165, 1.54) is 17.8 Å². The lowest BCUT2D eigenvalue weighted by molar-refractivity contribution is 0.0696. The summed E-state index contributed by atoms with van der Waals surface area (Å²) < 4.78 is 0. The number of rotatable bonds is 5. The Morgan fingerprint density at radius 1 is 1.42 bits per heavy atom. The van der Waals surface area contributed by atoms with Crippen molar-refractivity contribution < 1.29 is 9.90 Å². The molecule has 0 amide bonds. The van der Waals surface area contributed by atoms with Crippen LogP contribution in [0.4, 0.5) is 5.82 Å². The van der Waals surface area contributed by atoms with Gasteiger partial charge in [-0.15, -0.1) is 0 Å². The Labute approximate surface area is 157 Å². The highest BCUT2D eigenvalue weighted by atomic mass is 35.5. The van der Waals surface area contributed by atoms with Gasteiger partial charge < -0.3 is 15.3 Å². The van der Waals surface area contributed by atoms with E-state index in [1.807, 2.05) is 30.1 Å². The van der Waals surface area contributed by atoms with Crippen molar-refractivity contribution in [1.29, 1.82) is 5.26 Å². The standard InChI is InChI=1S/C19H19ClN4O2/c1-24(18-6-16(19(25)26)13(7-21)9-23-18)11-14-8-22-10-17(14)12-2-4-15(20)5-3-12/h2-6,9,14,17,22H,8,10-11H2,1H3,(H,25,26)/t14-,17-/m1/s1. The average Bonchev–Trinajstić information content (AvgIpc) is 3.09. The van der Waals surface area contributed by atoms with Crippen LogP contribution >= 0.6 is 11.6 Å². The van der Waals surface area contributed by atoms with E-state index in [9.17, 15) is 9.90 Å². The van der Waals surface area contributed by atoms with Crippen LogP contribution in [0.5, 0.6) is 0 Å². The molecular weight excluding hydrogens is 352 g/mol. The predicted octanol–water partition coefficient (Wildman–Crippen LogP) is 2.74. The monoisotopic (exact) mass is 370 g/mol. The Balaban J connectivity index is 1.77. The highest BCUT2D eigenvalue weighted by molar-refractivity contribution is 6.30. The van der Waals surface area contributed by atoms with Gasteiger partial charge in [0, 0.05) is 43.8 Å². The maximum absolute atomic E-state index is 11.3. The molecule has 134 valence electrons. The Hall–Kier alpha value is -2.62. The molecule has 2 N–H and O–H groups in total. The summed E-state index contributed by atoms with van der Waals surface area (Å²) in [6, 6.07) is 11.2. The SMILES string of the molecule is CN(C[C@H]1CNC[C@@H]1c1ccc(Cl)cc1)c1cc(C(=O)O)c(C#N)cn1. The van der Waals surface area contributed by atoms with Crippen molar-refractivity contribution in [3.05, 3.63) is 58.2 Å². The zero-order valence-electron chi connectivity index (χ0n) is 14.3. The molecule has 26 heavy (non-hydrogen) atoms. The van der Waals surface area contributed by atoms with Crippen LogP contribution in [0, 0.1) is 17.2 Å². The van der Waals surface area contributed by atoms with Gasteiger partial charge in [0.25, 0.3) is 0 Å². The summed E-state index contributed by atoms with van der Waals surface area (Å²) in [7, 11) is 1.89. The number of carboxylic acid groups (broad SMARTS) is 1. The van der Waals surface area contributed by atoms with Crippen molar-refractivity contribution in [3.8, 4) is 6.07 Å². The third kappa shape index (κ3) is 3.79. The highest BCUT2D eigenvalue weighted by Crippen LogP contribution is 2.30. The molecule has 1 aliphatic rings. The first kappa shape index (κ1) is 18.2. The minimum atomic E-state index is -1.12. The summed E-state index contributed by atoms with van der Waals surface area (Å²) >= 11 is 5.98. The maximum Gasteiger partial charge on any atom is 0.337 e. The third-order valence-corrected chi connectivity index (χ3v) is 5.03. The summed E-state index contributed by atoms with van der Waals surface area (Å²) in [5.74, 6) is 0.127. The van der Waals surface area contributed by atoms with Crippen LogP contribution in [-0.2, 0) is 0 Å². The fraction of sp³-hybridized carbons (Fsp3) is 0.316. The zero-order valence-corrected chi connectivity index (χ0v) is 15.1. The van der Waals surface area contributed by atoms with E-state index in [1.54, 1.807) is 0 Å². The first-order valence-corrected chi connectivity index (χ1v) is 8.68. The molecule has 0 bridgehead atoms. The molecule has 3 rings (SSSR count). The van der Waals surface area contributed by atoms with Gasteiger partial charge in [-0.3, -0.25) is 0 Å². The van der Waals surface area contributed by atoms with Crippen LogP contribution < -0.4 is 10.2 Å². The van der Waals surface area contributed by atoms with Gasteiger partial charge in [-0.05, 0) is 29.7 Å². The van der Waals surface area contributed by atoms with Gasteiger partial charge in [-0.2, -0.15) is 5.26 Å². The Kier molecular flexibility index (Phi) is 5.40. The Morgan fingerprint density at radius 3 is 2.81 bits per heavy atom. The third-order valence-electron chi connectivity index (χ3n) is 4.78. The Morgan fingerprint density at radius 2 is 2.15 bits per heavy atom. The number of aromatic carboxylic acids is 1. The van der Waals surface area contributed by atoms with E-state index in [0.717, 1.165) is 24.7 Å². The molecule has 1 aliphatic heterocycles. The molecule has 0 saturated carbocycles. The number of nitrogens with one attached hydrogen (secondary N) is 1. The van der Waals surface area contributed by atoms with Crippen LogP contribution in [0.15, 0.2) is 36.5 Å². The number of benzene rings is 1. The van der Waals surface area contributed by atoms with Crippen LogP contribution in [-0.4, -0.2) is 42.7 Å². The summed E-state index contributed by atoms with van der Waals surface area (Å²) in [6.45, 7) is 2.49. The lowest BCUT2D eigenvalue weighted by Crippen LogP contribution is -2.30. The molecular formula is C19H19ClN4O2. The van der Waals surface area contributed by atoms with Gasteiger partial charge in [-0.1, -0.05) is 23.7 Å². The van der Waals surface area contributed by atoms with E-state index >= 15 is 0 Å². The molecule has 7 heteroatoms. The van der Waals surface area contributed by atoms with Gasteiger partial charge in [0.2, 0.25) is 0 Å². The average molecular weight is 371 g/mol. The van der Waals surface area contributed by atoms with Crippen molar-refractivity contribution in [2.75, 3.05) is 31.6 Å². The van der Waals surface area contributed by atoms with E-state index in [2.05, 4.69) is 22.4 Å². The normalized spacial score (nSPS) is 19.1. The first-order valence-electron chi connectivity index (χ1n) is 8.30. The van der Waals surface area contributed by atoms with Crippen LogP contribution in [0.25, 0.3) is 0 Å².